The van der Waals surface area contributed by atoms with Gasteiger partial charge < -0.3 is 5.11 Å². The molecule has 0 aliphatic rings. The molecule has 0 amide bonds. The molecule has 116 valence electrons. The third-order valence-electron chi connectivity index (χ3n) is 4.25. The lowest BCUT2D eigenvalue weighted by Gasteiger charge is -2.12. The van der Waals surface area contributed by atoms with Gasteiger partial charge in [-0.3, -0.25) is 4.79 Å². The number of rotatable bonds is 2. The fourth-order valence-electron chi connectivity index (χ4n) is 3.23. The molecule has 1 heterocycles. The maximum absolute atomic E-state index is 12.6. The van der Waals surface area contributed by atoms with Crippen molar-refractivity contribution in [2.45, 2.75) is 6.54 Å². The van der Waals surface area contributed by atoms with E-state index in [1.165, 1.54) is 4.68 Å². The summed E-state index contributed by atoms with van der Waals surface area (Å²) < 4.78 is 1.17. The molecule has 0 saturated heterocycles. The Morgan fingerprint density at radius 1 is 1.00 bits per heavy atom. The summed E-state index contributed by atoms with van der Waals surface area (Å²) in [6.07, 6.45) is 0. The van der Waals surface area contributed by atoms with Gasteiger partial charge in [0.2, 0.25) is 0 Å². The van der Waals surface area contributed by atoms with E-state index in [2.05, 4.69) is 5.10 Å². The molecule has 0 bridgehead atoms. The standard InChI is InChI=1S/C19H13N3O2/c20-11-16-17-14-7-3-1-5-12(14)13-6-2-4-8-15(13)18(17)21-22(9-10-23)19(16)24/h1-8,23H,9-10H2. The second kappa shape index (κ2) is 5.44. The molecular weight excluding hydrogens is 302 g/mol. The molecule has 5 heteroatoms. The predicted molar refractivity (Wildman–Crippen MR) is 92.8 cm³/mol. The van der Waals surface area contributed by atoms with Gasteiger partial charge in [0.25, 0.3) is 5.56 Å². The second-order valence-electron chi connectivity index (χ2n) is 5.55. The zero-order valence-corrected chi connectivity index (χ0v) is 12.7. The minimum absolute atomic E-state index is 0.0601. The van der Waals surface area contributed by atoms with Gasteiger partial charge in [0, 0.05) is 10.8 Å². The number of hydrogen-bond acceptors (Lipinski definition) is 4. The van der Waals surface area contributed by atoms with Crippen molar-refractivity contribution in [3.05, 3.63) is 64.4 Å². The summed E-state index contributed by atoms with van der Waals surface area (Å²) >= 11 is 0. The summed E-state index contributed by atoms with van der Waals surface area (Å²) in [5.41, 5.74) is 0.198. The first kappa shape index (κ1) is 14.4. The molecule has 0 unspecified atom stereocenters. The maximum atomic E-state index is 12.6. The van der Waals surface area contributed by atoms with E-state index in [9.17, 15) is 15.2 Å². The van der Waals surface area contributed by atoms with Gasteiger partial charge in [-0.15, -0.1) is 0 Å². The van der Waals surface area contributed by atoms with Crippen LogP contribution in [0.15, 0.2) is 53.3 Å². The zero-order chi connectivity index (χ0) is 16.7. The molecule has 4 rings (SSSR count). The number of aliphatic hydroxyl groups excluding tert-OH is 1. The monoisotopic (exact) mass is 315 g/mol. The predicted octanol–water partition coefficient (Wildman–Crippen LogP) is 2.57. The van der Waals surface area contributed by atoms with Crippen LogP contribution in [0.25, 0.3) is 32.4 Å². The van der Waals surface area contributed by atoms with Crippen LogP contribution in [0.2, 0.25) is 0 Å². The van der Waals surface area contributed by atoms with Crippen LogP contribution < -0.4 is 5.56 Å². The van der Waals surface area contributed by atoms with E-state index >= 15 is 0 Å². The third kappa shape index (κ3) is 1.91. The number of nitrogens with zero attached hydrogens (tertiary/aromatic N) is 3. The Hall–Kier alpha value is -3.23. The molecule has 0 aliphatic heterocycles. The van der Waals surface area contributed by atoms with Crippen molar-refractivity contribution in [1.82, 2.24) is 9.78 Å². The van der Waals surface area contributed by atoms with Gasteiger partial charge in [0.15, 0.2) is 0 Å². The van der Waals surface area contributed by atoms with Crippen molar-refractivity contribution >= 4 is 32.4 Å². The van der Waals surface area contributed by atoms with Crippen LogP contribution in [-0.4, -0.2) is 21.5 Å². The normalized spacial score (nSPS) is 11.2. The van der Waals surface area contributed by atoms with Crippen molar-refractivity contribution in [3.63, 3.8) is 0 Å². The van der Waals surface area contributed by atoms with Gasteiger partial charge in [0.05, 0.1) is 13.2 Å². The van der Waals surface area contributed by atoms with E-state index in [0.717, 1.165) is 21.5 Å². The molecule has 3 aromatic carbocycles. The highest BCUT2D eigenvalue weighted by atomic mass is 16.3. The molecule has 0 fully saturated rings. The minimum Gasteiger partial charge on any atom is -0.394 e. The number of aromatic nitrogens is 2. The van der Waals surface area contributed by atoms with Crippen molar-refractivity contribution in [2.24, 2.45) is 0 Å². The summed E-state index contributed by atoms with van der Waals surface area (Å²) in [5, 5.41) is 27.5. The van der Waals surface area contributed by atoms with E-state index in [4.69, 9.17) is 0 Å². The fraction of sp³-hybridized carbons (Fsp3) is 0.105. The Balaban J connectivity index is 2.38. The molecule has 4 aromatic rings. The highest BCUT2D eigenvalue weighted by Crippen LogP contribution is 2.34. The highest BCUT2D eigenvalue weighted by Gasteiger charge is 2.17. The van der Waals surface area contributed by atoms with Crippen molar-refractivity contribution in [1.29, 1.82) is 5.26 Å². The first-order valence-corrected chi connectivity index (χ1v) is 7.61. The van der Waals surface area contributed by atoms with E-state index in [-0.39, 0.29) is 18.7 Å². The summed E-state index contributed by atoms with van der Waals surface area (Å²) in [7, 11) is 0. The van der Waals surface area contributed by atoms with Crippen molar-refractivity contribution in [2.75, 3.05) is 6.61 Å². The Morgan fingerprint density at radius 3 is 2.21 bits per heavy atom. The quantitative estimate of drug-likeness (QED) is 0.577. The molecule has 5 nitrogen and oxygen atoms in total. The first-order chi connectivity index (χ1) is 11.8. The average molecular weight is 315 g/mol. The van der Waals surface area contributed by atoms with Gasteiger partial charge in [-0.25, -0.2) is 4.68 Å². The van der Waals surface area contributed by atoms with E-state index in [1.807, 2.05) is 54.6 Å². The topological polar surface area (TPSA) is 78.9 Å². The number of aliphatic hydroxyl groups is 1. The second-order valence-corrected chi connectivity index (χ2v) is 5.55. The van der Waals surface area contributed by atoms with Gasteiger partial charge in [0.1, 0.15) is 17.1 Å². The van der Waals surface area contributed by atoms with Crippen LogP contribution in [0, 0.1) is 11.3 Å². The lowest BCUT2D eigenvalue weighted by molar-refractivity contribution is 0.267. The summed E-state index contributed by atoms with van der Waals surface area (Å²) in [4.78, 5) is 12.6. The average Bonchev–Trinajstić information content (AvgIpc) is 2.63. The SMILES string of the molecule is N#Cc1c(=O)n(CCO)nc2c3ccccc3c3ccccc3c12. The summed E-state index contributed by atoms with van der Waals surface area (Å²) in [6.45, 7) is -0.153. The third-order valence-corrected chi connectivity index (χ3v) is 4.25. The minimum atomic E-state index is -0.473. The summed E-state index contributed by atoms with van der Waals surface area (Å²) in [5.74, 6) is 0. The van der Waals surface area contributed by atoms with E-state index in [1.54, 1.807) is 0 Å². The number of fused-ring (bicyclic) bond motifs is 6. The van der Waals surface area contributed by atoms with Crippen LogP contribution in [0.1, 0.15) is 5.56 Å². The largest absolute Gasteiger partial charge is 0.394 e. The number of hydrogen-bond donors (Lipinski definition) is 1. The molecule has 1 aromatic heterocycles. The number of nitriles is 1. The maximum Gasteiger partial charge on any atom is 0.285 e. The molecule has 1 N–H and O–H groups in total. The van der Waals surface area contributed by atoms with Crippen molar-refractivity contribution in [3.8, 4) is 6.07 Å². The van der Waals surface area contributed by atoms with Crippen molar-refractivity contribution < 1.29 is 5.11 Å². The lowest BCUT2D eigenvalue weighted by atomic mass is 9.95. The first-order valence-electron chi connectivity index (χ1n) is 7.61. The van der Waals surface area contributed by atoms with Gasteiger partial charge >= 0.3 is 0 Å². The fourth-order valence-corrected chi connectivity index (χ4v) is 3.23. The lowest BCUT2D eigenvalue weighted by Crippen LogP contribution is -2.27. The Bertz CT molecular complexity index is 1200. The zero-order valence-electron chi connectivity index (χ0n) is 12.7. The molecule has 0 saturated carbocycles. The Morgan fingerprint density at radius 2 is 1.58 bits per heavy atom. The van der Waals surface area contributed by atoms with E-state index in [0.29, 0.717) is 10.9 Å². The molecule has 0 spiro atoms. The number of benzene rings is 3. The summed E-state index contributed by atoms with van der Waals surface area (Å²) in [6, 6.07) is 17.6. The Labute approximate surface area is 137 Å². The van der Waals surface area contributed by atoms with E-state index < -0.39 is 5.56 Å². The highest BCUT2D eigenvalue weighted by molar-refractivity contribution is 6.25. The van der Waals surface area contributed by atoms with Crippen LogP contribution in [0.5, 0.6) is 0 Å². The molecule has 0 atom stereocenters. The van der Waals surface area contributed by atoms with Gasteiger partial charge in [-0.2, -0.15) is 10.4 Å². The molecular formula is C19H13N3O2. The molecule has 0 radical (unpaired) electrons. The van der Waals surface area contributed by atoms with Crippen LogP contribution in [0.3, 0.4) is 0 Å². The molecule has 24 heavy (non-hydrogen) atoms. The Kier molecular flexibility index (Phi) is 3.26. The van der Waals surface area contributed by atoms with Gasteiger partial charge in [-0.1, -0.05) is 48.5 Å². The van der Waals surface area contributed by atoms with Crippen LogP contribution in [-0.2, 0) is 6.54 Å². The van der Waals surface area contributed by atoms with Crippen LogP contribution in [0.4, 0.5) is 0 Å². The smallest absolute Gasteiger partial charge is 0.285 e. The van der Waals surface area contributed by atoms with Gasteiger partial charge in [-0.05, 0) is 16.2 Å². The molecule has 0 aliphatic carbocycles. The van der Waals surface area contributed by atoms with Crippen LogP contribution >= 0.6 is 0 Å².